The molecule has 2 radical (unpaired) electrons. The third kappa shape index (κ3) is 7.81. The highest BCUT2D eigenvalue weighted by Crippen LogP contribution is 2.20. The van der Waals surface area contributed by atoms with Crippen molar-refractivity contribution in [3.63, 3.8) is 0 Å². The summed E-state index contributed by atoms with van der Waals surface area (Å²) in [7, 11) is 0. The van der Waals surface area contributed by atoms with Gasteiger partial charge in [0.15, 0.2) is 0 Å². The minimum atomic E-state index is -0.655. The van der Waals surface area contributed by atoms with Crippen LogP contribution >= 0.6 is 0 Å². The lowest BCUT2D eigenvalue weighted by molar-refractivity contribution is -0.364. The fraction of sp³-hybridized carbons (Fsp3) is 0.360. The first-order valence-electron chi connectivity index (χ1n) is 10.4. The van der Waals surface area contributed by atoms with Gasteiger partial charge in [-0.3, -0.25) is 9.78 Å². The Balaban J connectivity index is 1.97. The average molecular weight is 427 g/mol. The molecule has 0 fully saturated rings. The number of unbranched alkanes of at least 4 members (excludes halogenated alkanes) is 3. The Bertz CT molecular complexity index is 822. The maximum Gasteiger partial charge on any atom is 0.373 e. The number of hydrogen-bond donors (Lipinski definition) is 0. The zero-order valence-electron chi connectivity index (χ0n) is 18.7. The summed E-state index contributed by atoms with van der Waals surface area (Å²) in [6.07, 6.45) is 3.56. The smallest absolute Gasteiger partial charge is 0.289 e. The van der Waals surface area contributed by atoms with E-state index in [1.165, 1.54) is 0 Å². The van der Waals surface area contributed by atoms with Crippen LogP contribution in [0.2, 0.25) is 0 Å². The number of rotatable bonds is 11. The SMILES string of the molecule is [CH2]CCCCC[C](OOC(=O)c1ccc(C)cc1C)OOC(=O)c1ccc(C)cc1C. The van der Waals surface area contributed by atoms with Crippen molar-refractivity contribution < 1.29 is 29.1 Å². The van der Waals surface area contributed by atoms with Crippen LogP contribution in [0.3, 0.4) is 0 Å². The molecule has 0 aliphatic rings. The van der Waals surface area contributed by atoms with Crippen molar-refractivity contribution in [3.05, 3.63) is 83.0 Å². The molecule has 2 aromatic carbocycles. The summed E-state index contributed by atoms with van der Waals surface area (Å²) in [5.41, 5.74) is 4.38. The maximum absolute atomic E-state index is 12.4. The lowest BCUT2D eigenvalue weighted by Gasteiger charge is -2.14. The van der Waals surface area contributed by atoms with Crippen molar-refractivity contribution in [1.82, 2.24) is 0 Å². The average Bonchev–Trinajstić information content (AvgIpc) is 2.72. The molecule has 0 bridgehead atoms. The minimum absolute atomic E-state index is 0.0970. The number of benzene rings is 2. The molecule has 0 saturated heterocycles. The van der Waals surface area contributed by atoms with Crippen molar-refractivity contribution in [2.24, 2.45) is 0 Å². The molecule has 166 valence electrons. The summed E-state index contributed by atoms with van der Waals surface area (Å²) in [5.74, 6) is -1.31. The Morgan fingerprint density at radius 1 is 0.710 bits per heavy atom. The first kappa shape index (κ1) is 24.6. The third-order valence-corrected chi connectivity index (χ3v) is 4.76. The summed E-state index contributed by atoms with van der Waals surface area (Å²) in [4.78, 5) is 44.8. The van der Waals surface area contributed by atoms with Crippen LogP contribution in [0.15, 0.2) is 36.4 Å². The maximum atomic E-state index is 12.4. The van der Waals surface area contributed by atoms with Gasteiger partial charge in [0.25, 0.3) is 0 Å². The van der Waals surface area contributed by atoms with E-state index >= 15 is 0 Å². The van der Waals surface area contributed by atoms with Gasteiger partial charge in [-0.2, -0.15) is 0 Å². The zero-order chi connectivity index (χ0) is 22.8. The monoisotopic (exact) mass is 426 g/mol. The topological polar surface area (TPSA) is 71.1 Å². The minimum Gasteiger partial charge on any atom is -0.289 e. The lowest BCUT2D eigenvalue weighted by Crippen LogP contribution is -2.17. The van der Waals surface area contributed by atoms with Gasteiger partial charge in [-0.1, -0.05) is 61.6 Å². The van der Waals surface area contributed by atoms with E-state index in [2.05, 4.69) is 6.92 Å². The Hall–Kier alpha value is -2.70. The molecule has 0 unspecified atom stereocenters. The van der Waals surface area contributed by atoms with Crippen LogP contribution in [0.5, 0.6) is 0 Å². The highest BCUT2D eigenvalue weighted by molar-refractivity contribution is 5.91. The summed E-state index contributed by atoms with van der Waals surface area (Å²) >= 11 is 0. The molecule has 2 aromatic rings. The van der Waals surface area contributed by atoms with Gasteiger partial charge < -0.3 is 0 Å². The molecule has 0 amide bonds. The van der Waals surface area contributed by atoms with E-state index in [-0.39, 0.29) is 6.29 Å². The first-order valence-corrected chi connectivity index (χ1v) is 10.4. The predicted octanol–water partition coefficient (Wildman–Crippen LogP) is 6.07. The lowest BCUT2D eigenvalue weighted by atomic mass is 10.1. The Labute approximate surface area is 184 Å². The summed E-state index contributed by atoms with van der Waals surface area (Å²) in [5, 5.41) is 0. The van der Waals surface area contributed by atoms with Crippen molar-refractivity contribution in [1.29, 1.82) is 0 Å². The van der Waals surface area contributed by atoms with Crippen molar-refractivity contribution in [2.75, 3.05) is 0 Å². The summed E-state index contributed by atoms with van der Waals surface area (Å²) in [6, 6.07) is 10.7. The van der Waals surface area contributed by atoms with Crippen LogP contribution in [0, 0.1) is 40.9 Å². The van der Waals surface area contributed by atoms with E-state index in [1.54, 1.807) is 12.1 Å². The second-order valence-electron chi connectivity index (χ2n) is 7.58. The van der Waals surface area contributed by atoms with E-state index in [0.717, 1.165) is 41.5 Å². The molecule has 0 heterocycles. The van der Waals surface area contributed by atoms with E-state index in [9.17, 15) is 9.59 Å². The molecule has 0 N–H and O–H groups in total. The van der Waals surface area contributed by atoms with Gasteiger partial charge in [0, 0.05) is 6.42 Å². The van der Waals surface area contributed by atoms with Crippen LogP contribution in [0.25, 0.3) is 0 Å². The molecular weight excluding hydrogens is 396 g/mol. The van der Waals surface area contributed by atoms with Crippen molar-refractivity contribution >= 4 is 11.9 Å². The molecule has 6 heteroatoms. The van der Waals surface area contributed by atoms with Gasteiger partial charge in [0.2, 0.25) is 0 Å². The normalized spacial score (nSPS) is 10.9. The number of aryl methyl sites for hydroxylation is 4. The molecule has 0 aromatic heterocycles. The summed E-state index contributed by atoms with van der Waals surface area (Å²) in [6.45, 7) is 11.3. The molecular formula is C25H30O6. The van der Waals surface area contributed by atoms with Crippen LogP contribution in [0.4, 0.5) is 0 Å². The van der Waals surface area contributed by atoms with Crippen molar-refractivity contribution in [3.8, 4) is 0 Å². The largest absolute Gasteiger partial charge is 0.373 e. The van der Waals surface area contributed by atoms with Gasteiger partial charge >= 0.3 is 18.2 Å². The quantitative estimate of drug-likeness (QED) is 0.247. The van der Waals surface area contributed by atoms with Crippen LogP contribution in [-0.2, 0) is 19.6 Å². The molecule has 31 heavy (non-hydrogen) atoms. The van der Waals surface area contributed by atoms with E-state index in [4.69, 9.17) is 19.6 Å². The Morgan fingerprint density at radius 2 is 1.19 bits per heavy atom. The fourth-order valence-electron chi connectivity index (χ4n) is 3.06. The third-order valence-electron chi connectivity index (χ3n) is 4.76. The summed E-state index contributed by atoms with van der Waals surface area (Å²) < 4.78 is 0. The number of carbonyl (C=O) groups is 2. The van der Waals surface area contributed by atoms with Gasteiger partial charge in [0.05, 0.1) is 11.1 Å². The van der Waals surface area contributed by atoms with Gasteiger partial charge in [-0.05, 0) is 57.4 Å². The first-order chi connectivity index (χ1) is 14.8. The molecule has 6 nitrogen and oxygen atoms in total. The van der Waals surface area contributed by atoms with Crippen molar-refractivity contribution in [2.45, 2.75) is 59.8 Å². The highest BCUT2D eigenvalue weighted by Gasteiger charge is 2.22. The molecule has 0 aliphatic carbocycles. The number of hydrogen-bond acceptors (Lipinski definition) is 6. The van der Waals surface area contributed by atoms with Gasteiger partial charge in [-0.15, -0.1) is 9.78 Å². The predicted molar refractivity (Wildman–Crippen MR) is 117 cm³/mol. The standard InChI is InChI=1S/C25H30O6/c1-6-7-8-9-10-23(28-30-24(26)21-13-11-17(2)15-19(21)4)29-31-25(27)22-14-12-18(3)16-20(22)5/h11-16H,1,6-10H2,2-5H3. The molecule has 0 saturated carbocycles. The highest BCUT2D eigenvalue weighted by atomic mass is 17.3. The second kappa shape index (κ2) is 12.2. The van der Waals surface area contributed by atoms with E-state index in [1.807, 2.05) is 52.0 Å². The zero-order valence-corrected chi connectivity index (χ0v) is 18.7. The van der Waals surface area contributed by atoms with E-state index in [0.29, 0.717) is 24.0 Å². The van der Waals surface area contributed by atoms with E-state index < -0.39 is 11.9 Å². The molecule has 0 aliphatic heterocycles. The van der Waals surface area contributed by atoms with Gasteiger partial charge in [0.1, 0.15) is 0 Å². The Kier molecular flexibility index (Phi) is 9.69. The molecule has 2 rings (SSSR count). The molecule has 0 atom stereocenters. The van der Waals surface area contributed by atoms with Gasteiger partial charge in [-0.25, -0.2) is 9.59 Å². The Morgan fingerprint density at radius 3 is 1.61 bits per heavy atom. The van der Waals surface area contributed by atoms with Crippen LogP contribution in [0.1, 0.15) is 75.1 Å². The van der Waals surface area contributed by atoms with Crippen LogP contribution < -0.4 is 0 Å². The second-order valence-corrected chi connectivity index (χ2v) is 7.58. The fourth-order valence-corrected chi connectivity index (χ4v) is 3.06. The number of carbonyl (C=O) groups excluding carboxylic acids is 2. The molecule has 0 spiro atoms. The van der Waals surface area contributed by atoms with Crippen LogP contribution in [-0.4, -0.2) is 11.9 Å².